The highest BCUT2D eigenvalue weighted by atomic mass is 79.9. The first-order valence-corrected chi connectivity index (χ1v) is 10.5. The van der Waals surface area contributed by atoms with Crippen molar-refractivity contribution in [2.24, 2.45) is 4.99 Å². The second-order valence-corrected chi connectivity index (χ2v) is 8.00. The summed E-state index contributed by atoms with van der Waals surface area (Å²) < 4.78 is 11.5. The van der Waals surface area contributed by atoms with Crippen LogP contribution in [0.15, 0.2) is 50.8 Å². The van der Waals surface area contributed by atoms with Gasteiger partial charge >= 0.3 is 5.97 Å². The molecular formula is C21H19BrN2O5S. The molecule has 0 unspecified atom stereocenters. The Balaban J connectivity index is 1.99. The molecule has 0 atom stereocenters. The first-order chi connectivity index (χ1) is 14.4. The average molecular weight is 491 g/mol. The summed E-state index contributed by atoms with van der Waals surface area (Å²) in [6.45, 7) is 2.29. The van der Waals surface area contributed by atoms with E-state index in [1.54, 1.807) is 43.4 Å². The Kier molecular flexibility index (Phi) is 6.84. The van der Waals surface area contributed by atoms with Crippen molar-refractivity contribution in [2.75, 3.05) is 20.8 Å². The number of carbonyl (C=O) groups excluding carboxylic acids is 1. The molecule has 1 amide bonds. The number of amides is 1. The standard InChI is InChI=1S/C21H19BrN2O5S/c1-4-24-19(25)18(10-13-9-15(22)17(29-3)11-16(13)28-2)30-21(24)23-14-7-5-6-12(8-14)20(26)27/h5-11H,4H2,1-3H3,(H,26,27)/b18-10+,23-21?. The van der Waals surface area contributed by atoms with Crippen molar-refractivity contribution >= 4 is 56.5 Å². The van der Waals surface area contributed by atoms with Crippen LogP contribution in [0, 0.1) is 0 Å². The zero-order valence-electron chi connectivity index (χ0n) is 16.5. The van der Waals surface area contributed by atoms with Crippen LogP contribution >= 0.6 is 27.7 Å². The molecule has 30 heavy (non-hydrogen) atoms. The number of rotatable bonds is 6. The van der Waals surface area contributed by atoms with Crippen molar-refractivity contribution in [1.29, 1.82) is 0 Å². The number of benzene rings is 2. The molecule has 0 saturated carbocycles. The van der Waals surface area contributed by atoms with Gasteiger partial charge in [0.25, 0.3) is 5.91 Å². The van der Waals surface area contributed by atoms with Gasteiger partial charge < -0.3 is 14.6 Å². The molecule has 7 nitrogen and oxygen atoms in total. The number of ether oxygens (including phenoxy) is 2. The van der Waals surface area contributed by atoms with Gasteiger partial charge in [0.05, 0.1) is 34.8 Å². The van der Waals surface area contributed by atoms with Gasteiger partial charge in [-0.25, -0.2) is 9.79 Å². The molecular weight excluding hydrogens is 472 g/mol. The lowest BCUT2D eigenvalue weighted by Gasteiger charge is -2.12. The lowest BCUT2D eigenvalue weighted by Crippen LogP contribution is -2.28. The Morgan fingerprint density at radius 2 is 1.97 bits per heavy atom. The maximum atomic E-state index is 12.9. The summed E-state index contributed by atoms with van der Waals surface area (Å²) in [7, 11) is 3.12. The molecule has 9 heteroatoms. The molecule has 1 aliphatic heterocycles. The SMILES string of the molecule is CCN1C(=O)/C(=C\c2cc(Br)c(OC)cc2OC)SC1=Nc1cccc(C(=O)O)c1. The molecule has 1 aliphatic rings. The van der Waals surface area contributed by atoms with Gasteiger partial charge in [-0.05, 0) is 65.0 Å². The number of carbonyl (C=O) groups is 2. The zero-order chi connectivity index (χ0) is 21.8. The molecule has 0 aromatic heterocycles. The smallest absolute Gasteiger partial charge is 0.335 e. The minimum absolute atomic E-state index is 0.137. The van der Waals surface area contributed by atoms with Crippen molar-refractivity contribution in [2.45, 2.75) is 6.92 Å². The molecule has 2 aromatic rings. The Morgan fingerprint density at radius 1 is 1.23 bits per heavy atom. The Morgan fingerprint density at radius 3 is 2.60 bits per heavy atom. The van der Waals surface area contributed by atoms with Gasteiger partial charge in [-0.3, -0.25) is 9.69 Å². The van der Waals surface area contributed by atoms with E-state index in [9.17, 15) is 14.7 Å². The number of thioether (sulfide) groups is 1. The van der Waals surface area contributed by atoms with Crippen LogP contribution in [0.3, 0.4) is 0 Å². The van der Waals surface area contributed by atoms with Gasteiger partial charge in [-0.2, -0.15) is 0 Å². The van der Waals surface area contributed by atoms with E-state index >= 15 is 0 Å². The van der Waals surface area contributed by atoms with Crippen LogP contribution in [0.5, 0.6) is 11.5 Å². The van der Waals surface area contributed by atoms with Crippen molar-refractivity contribution < 1.29 is 24.2 Å². The Labute approximate surface area is 186 Å². The topological polar surface area (TPSA) is 88.4 Å². The van der Waals surface area contributed by atoms with Crippen molar-refractivity contribution in [3.8, 4) is 11.5 Å². The molecule has 3 rings (SSSR count). The van der Waals surface area contributed by atoms with Gasteiger partial charge in [0, 0.05) is 18.2 Å². The molecule has 1 saturated heterocycles. The third-order valence-corrected chi connectivity index (χ3v) is 5.94. The first-order valence-electron chi connectivity index (χ1n) is 8.93. The number of aliphatic imine (C=N–C) groups is 1. The van der Waals surface area contributed by atoms with Crippen molar-refractivity contribution in [1.82, 2.24) is 4.90 Å². The minimum Gasteiger partial charge on any atom is -0.496 e. The summed E-state index contributed by atoms with van der Waals surface area (Å²) in [5.41, 5.74) is 1.32. The Hall–Kier alpha value is -2.78. The Bertz CT molecular complexity index is 1070. The summed E-state index contributed by atoms with van der Waals surface area (Å²) in [4.78, 5) is 30.6. The summed E-state index contributed by atoms with van der Waals surface area (Å²) >= 11 is 4.68. The number of carboxylic acids is 1. The molecule has 0 radical (unpaired) electrons. The fourth-order valence-electron chi connectivity index (χ4n) is 2.83. The van der Waals surface area contributed by atoms with E-state index in [4.69, 9.17) is 9.47 Å². The van der Waals surface area contributed by atoms with Crippen LogP contribution in [-0.2, 0) is 4.79 Å². The monoisotopic (exact) mass is 490 g/mol. The molecule has 1 heterocycles. The number of hydrogen-bond acceptors (Lipinski definition) is 6. The second-order valence-electron chi connectivity index (χ2n) is 6.14. The van der Waals surface area contributed by atoms with E-state index in [0.29, 0.717) is 39.4 Å². The van der Waals surface area contributed by atoms with Gasteiger partial charge in [0.2, 0.25) is 0 Å². The summed E-state index contributed by atoms with van der Waals surface area (Å²) in [6.07, 6.45) is 1.74. The fourth-order valence-corrected chi connectivity index (χ4v) is 4.40. The highest BCUT2D eigenvalue weighted by Crippen LogP contribution is 2.38. The molecule has 2 aromatic carbocycles. The summed E-state index contributed by atoms with van der Waals surface area (Å²) in [6, 6.07) is 9.85. The number of halogens is 1. The maximum absolute atomic E-state index is 12.9. The summed E-state index contributed by atoms with van der Waals surface area (Å²) in [5, 5.41) is 9.66. The van der Waals surface area contributed by atoms with E-state index in [2.05, 4.69) is 20.9 Å². The van der Waals surface area contributed by atoms with Crippen LogP contribution in [-0.4, -0.2) is 47.8 Å². The van der Waals surface area contributed by atoms with Crippen LogP contribution < -0.4 is 9.47 Å². The van der Waals surface area contributed by atoms with Crippen molar-refractivity contribution in [3.05, 3.63) is 56.9 Å². The van der Waals surface area contributed by atoms with E-state index in [0.717, 1.165) is 4.47 Å². The van der Waals surface area contributed by atoms with E-state index in [-0.39, 0.29) is 11.5 Å². The molecule has 0 bridgehead atoms. The van der Waals surface area contributed by atoms with E-state index in [1.165, 1.54) is 23.9 Å². The van der Waals surface area contributed by atoms with E-state index < -0.39 is 5.97 Å². The highest BCUT2D eigenvalue weighted by molar-refractivity contribution is 9.10. The van der Waals surface area contributed by atoms with Crippen LogP contribution in [0.25, 0.3) is 6.08 Å². The summed E-state index contributed by atoms with van der Waals surface area (Å²) in [5.74, 6) is -0.0179. The fraction of sp³-hybridized carbons (Fsp3) is 0.190. The molecule has 0 aliphatic carbocycles. The van der Waals surface area contributed by atoms with Crippen LogP contribution in [0.4, 0.5) is 5.69 Å². The lowest BCUT2D eigenvalue weighted by molar-refractivity contribution is -0.122. The number of amidine groups is 1. The maximum Gasteiger partial charge on any atom is 0.335 e. The van der Waals surface area contributed by atoms with Gasteiger partial charge in [-0.1, -0.05) is 6.07 Å². The molecule has 156 valence electrons. The van der Waals surface area contributed by atoms with Crippen LogP contribution in [0.1, 0.15) is 22.8 Å². The quantitative estimate of drug-likeness (QED) is 0.585. The second kappa shape index (κ2) is 9.36. The molecule has 1 fully saturated rings. The third kappa shape index (κ3) is 4.52. The minimum atomic E-state index is -1.03. The predicted molar refractivity (Wildman–Crippen MR) is 121 cm³/mol. The van der Waals surface area contributed by atoms with Gasteiger partial charge in [0.15, 0.2) is 5.17 Å². The van der Waals surface area contributed by atoms with E-state index in [1.807, 2.05) is 13.0 Å². The lowest BCUT2D eigenvalue weighted by atomic mass is 10.1. The number of hydrogen-bond donors (Lipinski definition) is 1. The van der Waals surface area contributed by atoms with Gasteiger partial charge in [-0.15, -0.1) is 0 Å². The average Bonchev–Trinajstić information content (AvgIpc) is 3.02. The third-order valence-electron chi connectivity index (χ3n) is 4.31. The highest BCUT2D eigenvalue weighted by Gasteiger charge is 2.32. The largest absolute Gasteiger partial charge is 0.496 e. The number of likely N-dealkylation sites (N-methyl/N-ethyl adjacent to an activating group) is 1. The first kappa shape index (κ1) is 21.9. The van der Waals surface area contributed by atoms with Crippen molar-refractivity contribution in [3.63, 3.8) is 0 Å². The number of methoxy groups -OCH3 is 2. The number of nitrogens with zero attached hydrogens (tertiary/aromatic N) is 2. The molecule has 1 N–H and O–H groups in total. The number of carboxylic acid groups (broad SMARTS) is 1. The van der Waals surface area contributed by atoms with Gasteiger partial charge in [0.1, 0.15) is 11.5 Å². The van der Waals surface area contributed by atoms with Crippen LogP contribution in [0.2, 0.25) is 0 Å². The molecule has 0 spiro atoms. The normalized spacial score (nSPS) is 16.4. The zero-order valence-corrected chi connectivity index (χ0v) is 18.9. The predicted octanol–water partition coefficient (Wildman–Crippen LogP) is 4.79. The number of aromatic carboxylic acids is 1.